The molecular weight excluding hydrogens is 467 g/mol. The van der Waals surface area contributed by atoms with E-state index >= 15 is 0 Å². The molecule has 1 fully saturated rings. The molecule has 0 radical (unpaired) electrons. The van der Waals surface area contributed by atoms with E-state index in [9.17, 15) is 0 Å². The normalized spacial score (nSPS) is 20.4. The van der Waals surface area contributed by atoms with E-state index in [4.69, 9.17) is 9.73 Å². The molecule has 8 heteroatoms. The van der Waals surface area contributed by atoms with Crippen LogP contribution in [0.15, 0.2) is 4.99 Å². The van der Waals surface area contributed by atoms with Crippen LogP contribution in [-0.4, -0.2) is 71.6 Å². The lowest BCUT2D eigenvalue weighted by Crippen LogP contribution is -2.50. The zero-order valence-electron chi connectivity index (χ0n) is 18.6. The third-order valence-electron chi connectivity index (χ3n) is 5.40. The van der Waals surface area contributed by atoms with Gasteiger partial charge in [0.2, 0.25) is 0 Å². The zero-order chi connectivity index (χ0) is 20.0. The largest absolute Gasteiger partial charge is 0.379 e. The maximum Gasteiger partial charge on any atom is 0.191 e. The van der Waals surface area contributed by atoms with Crippen LogP contribution in [0.1, 0.15) is 44.6 Å². The van der Waals surface area contributed by atoms with Gasteiger partial charge in [-0.1, -0.05) is 0 Å². The van der Waals surface area contributed by atoms with Gasteiger partial charge < -0.3 is 15.4 Å². The molecule has 1 aliphatic heterocycles. The highest BCUT2D eigenvalue weighted by atomic mass is 127. The van der Waals surface area contributed by atoms with Crippen molar-refractivity contribution < 1.29 is 4.74 Å². The molecule has 3 atom stereocenters. The molecule has 0 aliphatic carbocycles. The lowest BCUT2D eigenvalue weighted by Gasteiger charge is -2.37. The van der Waals surface area contributed by atoms with Gasteiger partial charge in [0.1, 0.15) is 0 Å². The topological polar surface area (TPSA) is 66.7 Å². The second-order valence-corrected chi connectivity index (χ2v) is 7.75. The predicted octanol–water partition coefficient (Wildman–Crippen LogP) is 2.25. The molecule has 1 aromatic heterocycles. The molecule has 28 heavy (non-hydrogen) atoms. The molecule has 2 N–H and O–H groups in total. The first-order valence-electron chi connectivity index (χ1n) is 10.2. The first kappa shape index (κ1) is 25.2. The number of morpholine rings is 1. The standard InChI is InChI=1S/C20H38N6O.HI/c1-8-21-20(22-12-15(3)26-9-10-27-13-16(26)4)23-14(2)11-19-17(5)24-25(7)18(19)6;/h14-16H,8-13H2,1-7H3,(H2,21,22,23);1H. The van der Waals surface area contributed by atoms with Gasteiger partial charge in [0, 0.05) is 44.0 Å². The molecule has 1 aromatic rings. The Labute approximate surface area is 187 Å². The van der Waals surface area contributed by atoms with Gasteiger partial charge in [0.05, 0.1) is 25.5 Å². The number of halogens is 1. The second kappa shape index (κ2) is 12.0. The second-order valence-electron chi connectivity index (χ2n) is 7.75. The van der Waals surface area contributed by atoms with Crippen molar-refractivity contribution in [2.75, 3.05) is 32.8 Å². The third-order valence-corrected chi connectivity index (χ3v) is 5.40. The highest BCUT2D eigenvalue weighted by Crippen LogP contribution is 2.14. The molecule has 1 aliphatic rings. The van der Waals surface area contributed by atoms with E-state index < -0.39 is 0 Å². The first-order valence-corrected chi connectivity index (χ1v) is 10.2. The number of nitrogens with zero attached hydrogens (tertiary/aromatic N) is 4. The van der Waals surface area contributed by atoms with Gasteiger partial charge in [0.25, 0.3) is 0 Å². The summed E-state index contributed by atoms with van der Waals surface area (Å²) in [6.45, 7) is 17.2. The molecule has 162 valence electrons. The van der Waals surface area contributed by atoms with Gasteiger partial charge in [0.15, 0.2) is 5.96 Å². The van der Waals surface area contributed by atoms with Crippen LogP contribution in [0, 0.1) is 13.8 Å². The van der Waals surface area contributed by atoms with Crippen molar-refractivity contribution in [3.63, 3.8) is 0 Å². The molecule has 2 rings (SSSR count). The van der Waals surface area contributed by atoms with Gasteiger partial charge in [-0.3, -0.25) is 14.6 Å². The molecule has 0 amide bonds. The molecule has 3 unspecified atom stereocenters. The number of aryl methyl sites for hydroxylation is 2. The minimum Gasteiger partial charge on any atom is -0.379 e. The molecule has 7 nitrogen and oxygen atoms in total. The number of ether oxygens (including phenoxy) is 1. The molecule has 0 saturated carbocycles. The van der Waals surface area contributed by atoms with E-state index in [2.05, 4.69) is 62.2 Å². The van der Waals surface area contributed by atoms with Crippen molar-refractivity contribution in [2.45, 2.75) is 66.1 Å². The van der Waals surface area contributed by atoms with E-state index in [1.54, 1.807) is 0 Å². The quantitative estimate of drug-likeness (QED) is 0.338. The van der Waals surface area contributed by atoms with Crippen molar-refractivity contribution in [2.24, 2.45) is 12.0 Å². The summed E-state index contributed by atoms with van der Waals surface area (Å²) in [6, 6.07) is 1.13. The summed E-state index contributed by atoms with van der Waals surface area (Å²) in [7, 11) is 2.00. The maximum absolute atomic E-state index is 5.55. The van der Waals surface area contributed by atoms with Crippen LogP contribution in [0.5, 0.6) is 0 Å². The smallest absolute Gasteiger partial charge is 0.191 e. The van der Waals surface area contributed by atoms with Crippen LogP contribution in [0.4, 0.5) is 0 Å². The fraction of sp³-hybridized carbons (Fsp3) is 0.800. The summed E-state index contributed by atoms with van der Waals surface area (Å²) < 4.78 is 7.51. The lowest BCUT2D eigenvalue weighted by atomic mass is 10.1. The van der Waals surface area contributed by atoms with Crippen LogP contribution in [0.2, 0.25) is 0 Å². The lowest BCUT2D eigenvalue weighted by molar-refractivity contribution is -0.0165. The van der Waals surface area contributed by atoms with E-state index in [0.29, 0.717) is 12.1 Å². The Hall–Kier alpha value is -0.870. The van der Waals surface area contributed by atoms with Crippen molar-refractivity contribution in [3.05, 3.63) is 17.0 Å². The van der Waals surface area contributed by atoms with Crippen molar-refractivity contribution in [1.29, 1.82) is 0 Å². The number of hydrogen-bond donors (Lipinski definition) is 2. The van der Waals surface area contributed by atoms with Crippen LogP contribution in [0.3, 0.4) is 0 Å². The molecule has 0 spiro atoms. The third kappa shape index (κ3) is 6.88. The maximum atomic E-state index is 5.55. The monoisotopic (exact) mass is 506 g/mol. The Balaban J connectivity index is 0.00000392. The molecule has 2 heterocycles. The van der Waals surface area contributed by atoms with Gasteiger partial charge in [-0.25, -0.2) is 0 Å². The number of aliphatic imine (C=N–C) groups is 1. The summed E-state index contributed by atoms with van der Waals surface area (Å²) in [6.07, 6.45) is 0.936. The summed E-state index contributed by atoms with van der Waals surface area (Å²) in [5.41, 5.74) is 3.67. The summed E-state index contributed by atoms with van der Waals surface area (Å²) >= 11 is 0. The van der Waals surface area contributed by atoms with Crippen LogP contribution in [-0.2, 0) is 18.2 Å². The molecular formula is C20H39IN6O. The Morgan fingerprint density at radius 1 is 1.36 bits per heavy atom. The van der Waals surface area contributed by atoms with Gasteiger partial charge >= 0.3 is 0 Å². The first-order chi connectivity index (χ1) is 12.8. The number of hydrogen-bond acceptors (Lipinski definition) is 4. The molecule has 0 aromatic carbocycles. The predicted molar refractivity (Wildman–Crippen MR) is 127 cm³/mol. The number of aromatic nitrogens is 2. The average Bonchev–Trinajstić information content (AvgIpc) is 2.86. The summed E-state index contributed by atoms with van der Waals surface area (Å²) in [5, 5.41) is 11.5. The van der Waals surface area contributed by atoms with E-state index in [1.165, 1.54) is 11.3 Å². The van der Waals surface area contributed by atoms with Crippen LogP contribution < -0.4 is 10.6 Å². The SMILES string of the molecule is CCNC(=NCC(C)N1CCOCC1C)NC(C)Cc1c(C)nn(C)c1C.I. The van der Waals surface area contributed by atoms with E-state index in [0.717, 1.165) is 50.9 Å². The molecule has 0 bridgehead atoms. The van der Waals surface area contributed by atoms with Crippen molar-refractivity contribution >= 4 is 29.9 Å². The Morgan fingerprint density at radius 3 is 2.64 bits per heavy atom. The fourth-order valence-electron chi connectivity index (χ4n) is 3.75. The minimum absolute atomic E-state index is 0. The van der Waals surface area contributed by atoms with Crippen LogP contribution >= 0.6 is 24.0 Å². The van der Waals surface area contributed by atoms with E-state index in [-0.39, 0.29) is 30.0 Å². The number of rotatable bonds is 7. The summed E-state index contributed by atoms with van der Waals surface area (Å²) in [5.74, 6) is 0.886. The highest BCUT2D eigenvalue weighted by Gasteiger charge is 2.23. The number of nitrogens with one attached hydrogen (secondary N) is 2. The highest BCUT2D eigenvalue weighted by molar-refractivity contribution is 14.0. The fourth-order valence-corrected chi connectivity index (χ4v) is 3.75. The average molecular weight is 506 g/mol. The number of guanidine groups is 1. The van der Waals surface area contributed by atoms with Crippen molar-refractivity contribution in [1.82, 2.24) is 25.3 Å². The van der Waals surface area contributed by atoms with Gasteiger partial charge in [-0.15, -0.1) is 24.0 Å². The van der Waals surface area contributed by atoms with E-state index in [1.807, 2.05) is 11.7 Å². The van der Waals surface area contributed by atoms with Gasteiger partial charge in [-0.2, -0.15) is 5.10 Å². The van der Waals surface area contributed by atoms with Crippen molar-refractivity contribution in [3.8, 4) is 0 Å². The Bertz CT molecular complexity index is 632. The van der Waals surface area contributed by atoms with Crippen LogP contribution in [0.25, 0.3) is 0 Å². The Morgan fingerprint density at radius 2 is 2.07 bits per heavy atom. The Kier molecular flexibility index (Phi) is 10.8. The molecule has 1 saturated heterocycles. The summed E-state index contributed by atoms with van der Waals surface area (Å²) in [4.78, 5) is 7.33. The zero-order valence-corrected chi connectivity index (χ0v) is 20.9. The van der Waals surface area contributed by atoms with Gasteiger partial charge in [-0.05, 0) is 53.5 Å². The minimum atomic E-state index is 0.